The Kier molecular flexibility index (Phi) is 8.02. The van der Waals surface area contributed by atoms with Crippen LogP contribution < -0.4 is 15.4 Å². The molecule has 2 N–H and O–H groups in total. The third-order valence-electron chi connectivity index (χ3n) is 6.49. The third kappa shape index (κ3) is 6.19. The number of amides is 3. The van der Waals surface area contributed by atoms with E-state index in [1.165, 1.54) is 0 Å². The minimum Gasteiger partial charge on any atom is -0.490 e. The van der Waals surface area contributed by atoms with Crippen LogP contribution in [-0.2, 0) is 20.7 Å². The van der Waals surface area contributed by atoms with Gasteiger partial charge >= 0.3 is 0 Å². The maximum Gasteiger partial charge on any atom is 0.257 e. The fourth-order valence-corrected chi connectivity index (χ4v) is 4.64. The Morgan fingerprint density at radius 3 is 2.66 bits per heavy atom. The van der Waals surface area contributed by atoms with E-state index in [9.17, 15) is 14.4 Å². The number of likely N-dealkylation sites (N-methyl/N-ethyl adjacent to an activating group) is 1. The first kappa shape index (κ1) is 24.7. The van der Waals surface area contributed by atoms with Crippen molar-refractivity contribution in [3.05, 3.63) is 59.7 Å². The van der Waals surface area contributed by atoms with Crippen molar-refractivity contribution in [2.75, 3.05) is 25.5 Å². The Hall–Kier alpha value is -3.39. The number of carbonyl (C=O) groups excluding carboxylic acids is 3. The average molecular weight is 480 g/mol. The fourth-order valence-electron chi connectivity index (χ4n) is 4.64. The summed E-state index contributed by atoms with van der Waals surface area (Å²) in [7, 11) is 1.77. The van der Waals surface area contributed by atoms with Gasteiger partial charge in [0.05, 0.1) is 30.6 Å². The molecule has 0 aromatic heterocycles. The van der Waals surface area contributed by atoms with Gasteiger partial charge in [-0.2, -0.15) is 0 Å². The lowest BCUT2D eigenvalue weighted by Crippen LogP contribution is -2.54. The van der Waals surface area contributed by atoms with Crippen LogP contribution >= 0.6 is 0 Å². The fraction of sp³-hybridized carbons (Fsp3) is 0.444. The Balaban J connectivity index is 1.43. The molecule has 2 aliphatic heterocycles. The zero-order chi connectivity index (χ0) is 24.8. The van der Waals surface area contributed by atoms with Crippen LogP contribution in [0.5, 0.6) is 5.75 Å². The largest absolute Gasteiger partial charge is 0.490 e. The molecular weight excluding hydrogens is 446 g/mol. The number of hydrogen-bond acceptors (Lipinski definition) is 5. The van der Waals surface area contributed by atoms with Crippen LogP contribution in [0.25, 0.3) is 0 Å². The summed E-state index contributed by atoms with van der Waals surface area (Å²) in [5, 5.41) is 5.77. The Morgan fingerprint density at radius 2 is 1.89 bits per heavy atom. The summed E-state index contributed by atoms with van der Waals surface area (Å²) in [6.45, 7) is 2.95. The predicted octanol–water partition coefficient (Wildman–Crippen LogP) is 3.16. The van der Waals surface area contributed by atoms with Crippen LogP contribution in [-0.4, -0.2) is 61.1 Å². The molecule has 2 aromatic rings. The SMILES string of the molecule is CCCNC(=O)C[C@@H]1CC[C@H]2[C@@H](COc3ccc(NC(=O)Cc4ccccc4)cc3C(=O)N2C)O1. The zero-order valence-electron chi connectivity index (χ0n) is 20.3. The van der Waals surface area contributed by atoms with E-state index in [-0.39, 0.29) is 49.0 Å². The standard InChI is InChI=1S/C27H33N3O5/c1-3-13-28-25(31)16-20-10-11-22-24(35-20)17-34-23-12-9-19(15-21(23)27(33)30(22)2)29-26(32)14-18-7-5-4-6-8-18/h4-9,12,15,20,22,24H,3,10-11,13-14,16-17H2,1-2H3,(H,28,31)(H,29,32)/t20-,22-,24+/m0/s1. The molecule has 1 fully saturated rings. The van der Waals surface area contributed by atoms with Gasteiger partial charge in [0.25, 0.3) is 5.91 Å². The second kappa shape index (κ2) is 11.4. The molecule has 0 saturated carbocycles. The quantitative estimate of drug-likeness (QED) is 0.636. The number of nitrogens with zero attached hydrogens (tertiary/aromatic N) is 1. The van der Waals surface area contributed by atoms with Crippen molar-refractivity contribution in [1.82, 2.24) is 10.2 Å². The Bertz CT molecular complexity index is 1060. The highest BCUT2D eigenvalue weighted by atomic mass is 16.5. The zero-order valence-corrected chi connectivity index (χ0v) is 20.3. The first-order valence-corrected chi connectivity index (χ1v) is 12.2. The van der Waals surface area contributed by atoms with Gasteiger partial charge in [0.1, 0.15) is 18.5 Å². The molecule has 2 aromatic carbocycles. The normalized spacial score (nSPS) is 21.6. The van der Waals surface area contributed by atoms with Crippen molar-refractivity contribution in [1.29, 1.82) is 0 Å². The number of anilines is 1. The number of fused-ring (bicyclic) bond motifs is 2. The number of rotatable bonds is 7. The molecular formula is C27H33N3O5. The molecule has 8 nitrogen and oxygen atoms in total. The monoisotopic (exact) mass is 479 g/mol. The van der Waals surface area contributed by atoms with E-state index in [0.717, 1.165) is 18.4 Å². The van der Waals surface area contributed by atoms with E-state index in [4.69, 9.17) is 9.47 Å². The van der Waals surface area contributed by atoms with Crippen LogP contribution in [0.1, 0.15) is 48.5 Å². The van der Waals surface area contributed by atoms with Crippen LogP contribution in [0.2, 0.25) is 0 Å². The molecule has 8 heteroatoms. The summed E-state index contributed by atoms with van der Waals surface area (Å²) in [4.78, 5) is 39.7. The van der Waals surface area contributed by atoms with Gasteiger partial charge in [-0.25, -0.2) is 0 Å². The van der Waals surface area contributed by atoms with Crippen molar-refractivity contribution in [2.45, 2.75) is 57.3 Å². The Morgan fingerprint density at radius 1 is 1.09 bits per heavy atom. The average Bonchev–Trinajstić information content (AvgIpc) is 2.86. The first-order chi connectivity index (χ1) is 16.9. The van der Waals surface area contributed by atoms with Crippen LogP contribution in [0.15, 0.2) is 48.5 Å². The summed E-state index contributed by atoms with van der Waals surface area (Å²) in [6.07, 6.45) is 2.36. The highest BCUT2D eigenvalue weighted by Gasteiger charge is 2.39. The van der Waals surface area contributed by atoms with Crippen molar-refractivity contribution in [3.63, 3.8) is 0 Å². The summed E-state index contributed by atoms with van der Waals surface area (Å²) in [6, 6.07) is 14.5. The van der Waals surface area contributed by atoms with Gasteiger partial charge in [0.2, 0.25) is 11.8 Å². The lowest BCUT2D eigenvalue weighted by molar-refractivity contribution is -0.134. The smallest absolute Gasteiger partial charge is 0.257 e. The molecule has 3 atom stereocenters. The second-order valence-corrected chi connectivity index (χ2v) is 9.14. The highest BCUT2D eigenvalue weighted by molar-refractivity contribution is 6.00. The summed E-state index contributed by atoms with van der Waals surface area (Å²) in [5.41, 5.74) is 1.87. The molecule has 0 bridgehead atoms. The number of nitrogens with one attached hydrogen (secondary N) is 2. The van der Waals surface area contributed by atoms with Gasteiger partial charge in [-0.15, -0.1) is 0 Å². The van der Waals surface area contributed by atoms with Crippen molar-refractivity contribution in [2.24, 2.45) is 0 Å². The van der Waals surface area contributed by atoms with Crippen LogP contribution in [0.4, 0.5) is 5.69 Å². The molecule has 35 heavy (non-hydrogen) atoms. The Labute approximate surface area is 206 Å². The molecule has 3 amide bonds. The molecule has 2 aliphatic rings. The van der Waals surface area contributed by atoms with Gasteiger partial charge < -0.3 is 25.0 Å². The molecule has 0 aliphatic carbocycles. The van der Waals surface area contributed by atoms with Gasteiger partial charge in [-0.3, -0.25) is 14.4 Å². The third-order valence-corrected chi connectivity index (χ3v) is 6.49. The molecule has 0 spiro atoms. The summed E-state index contributed by atoms with van der Waals surface area (Å²) >= 11 is 0. The van der Waals surface area contributed by atoms with Gasteiger partial charge in [-0.05, 0) is 43.0 Å². The van der Waals surface area contributed by atoms with Gasteiger partial charge in [0.15, 0.2) is 0 Å². The topological polar surface area (TPSA) is 97.0 Å². The van der Waals surface area contributed by atoms with E-state index in [1.807, 2.05) is 37.3 Å². The van der Waals surface area contributed by atoms with E-state index < -0.39 is 0 Å². The number of hydrogen-bond donors (Lipinski definition) is 2. The molecule has 186 valence electrons. The number of carbonyl (C=O) groups is 3. The molecule has 4 rings (SSSR count). The van der Waals surface area contributed by atoms with E-state index >= 15 is 0 Å². The number of ether oxygens (including phenoxy) is 2. The first-order valence-electron chi connectivity index (χ1n) is 12.2. The lowest BCUT2D eigenvalue weighted by Gasteiger charge is -2.42. The van der Waals surface area contributed by atoms with Crippen molar-refractivity contribution < 1.29 is 23.9 Å². The van der Waals surface area contributed by atoms with Crippen molar-refractivity contribution >= 4 is 23.4 Å². The maximum absolute atomic E-state index is 13.4. The van der Waals surface area contributed by atoms with Gasteiger partial charge in [0, 0.05) is 19.3 Å². The maximum atomic E-state index is 13.4. The molecule has 0 unspecified atom stereocenters. The molecule has 1 saturated heterocycles. The van der Waals surface area contributed by atoms with E-state index in [1.54, 1.807) is 30.1 Å². The number of benzene rings is 2. The van der Waals surface area contributed by atoms with Crippen LogP contribution in [0, 0.1) is 0 Å². The minimum atomic E-state index is -0.319. The summed E-state index contributed by atoms with van der Waals surface area (Å²) < 4.78 is 12.2. The van der Waals surface area contributed by atoms with Crippen LogP contribution in [0.3, 0.4) is 0 Å². The predicted molar refractivity (Wildman–Crippen MR) is 132 cm³/mol. The molecule has 2 heterocycles. The second-order valence-electron chi connectivity index (χ2n) is 9.14. The summed E-state index contributed by atoms with van der Waals surface area (Å²) in [5.74, 6) is 0.0986. The minimum absolute atomic E-state index is 0.0151. The van der Waals surface area contributed by atoms with E-state index in [2.05, 4.69) is 10.6 Å². The molecule has 0 radical (unpaired) electrons. The van der Waals surface area contributed by atoms with Crippen molar-refractivity contribution in [3.8, 4) is 5.75 Å². The van der Waals surface area contributed by atoms with Gasteiger partial charge in [-0.1, -0.05) is 37.3 Å². The highest BCUT2D eigenvalue weighted by Crippen LogP contribution is 2.32. The lowest BCUT2D eigenvalue weighted by atomic mass is 9.94. The van der Waals surface area contributed by atoms with E-state index in [0.29, 0.717) is 36.4 Å².